The number of para-hydroxylation sites is 1. The van der Waals surface area contributed by atoms with Gasteiger partial charge in [-0.25, -0.2) is 0 Å². The van der Waals surface area contributed by atoms with Crippen molar-refractivity contribution in [3.8, 4) is 11.5 Å². The fourth-order valence-electron chi connectivity index (χ4n) is 2.78. The number of nitrogens with zero attached hydrogens (tertiary/aromatic N) is 1. The van der Waals surface area contributed by atoms with E-state index in [-0.39, 0.29) is 11.8 Å². The summed E-state index contributed by atoms with van der Waals surface area (Å²) < 4.78 is 10.9. The number of ether oxygens (including phenoxy) is 2. The topological polar surface area (TPSA) is 67.9 Å². The lowest BCUT2D eigenvalue weighted by Gasteiger charge is -2.30. The minimum atomic E-state index is -0.525. The number of hydrogen-bond acceptors (Lipinski definition) is 4. The molecule has 0 saturated heterocycles. The van der Waals surface area contributed by atoms with E-state index in [0.717, 1.165) is 11.3 Å². The molecular weight excluding hydrogens is 320 g/mol. The molecule has 0 aliphatic carbocycles. The summed E-state index contributed by atoms with van der Waals surface area (Å²) in [6.45, 7) is 2.05. The van der Waals surface area contributed by atoms with Crippen molar-refractivity contribution in [2.24, 2.45) is 0 Å². The summed E-state index contributed by atoms with van der Waals surface area (Å²) in [4.78, 5) is 26.0. The number of likely N-dealkylation sites (N-methyl/N-ethyl adjacent to an activating group) is 1. The number of benzene rings is 2. The number of rotatable bonds is 4. The summed E-state index contributed by atoms with van der Waals surface area (Å²) in [5.74, 6) is 0.948. The Bertz CT molecular complexity index is 819. The minimum Gasteiger partial charge on any atom is -0.496 e. The Morgan fingerprint density at radius 2 is 2.04 bits per heavy atom. The van der Waals surface area contributed by atoms with Crippen LogP contribution in [0.3, 0.4) is 0 Å². The van der Waals surface area contributed by atoms with Gasteiger partial charge in [0.25, 0.3) is 11.8 Å². The quantitative estimate of drug-likeness (QED) is 0.928. The molecule has 1 N–H and O–H groups in total. The highest BCUT2D eigenvalue weighted by molar-refractivity contribution is 6.02. The summed E-state index contributed by atoms with van der Waals surface area (Å²) in [6, 6.07) is 12.6. The van der Waals surface area contributed by atoms with Gasteiger partial charge in [-0.3, -0.25) is 9.59 Å². The molecule has 1 aliphatic heterocycles. The Balaban J connectivity index is 1.76. The fraction of sp³-hybridized carbons (Fsp3) is 0.263. The van der Waals surface area contributed by atoms with Gasteiger partial charge < -0.3 is 19.7 Å². The predicted octanol–water partition coefficient (Wildman–Crippen LogP) is 2.37. The van der Waals surface area contributed by atoms with Gasteiger partial charge in [0.1, 0.15) is 11.5 Å². The van der Waals surface area contributed by atoms with Crippen LogP contribution in [0.15, 0.2) is 42.5 Å². The van der Waals surface area contributed by atoms with Crippen LogP contribution in [0, 0.1) is 0 Å². The third-order valence-electron chi connectivity index (χ3n) is 4.20. The number of carbonyl (C=O) groups is 2. The first-order chi connectivity index (χ1) is 12.0. The van der Waals surface area contributed by atoms with Gasteiger partial charge in [0.2, 0.25) is 0 Å². The molecule has 3 rings (SSSR count). The van der Waals surface area contributed by atoms with Crippen molar-refractivity contribution in [1.29, 1.82) is 0 Å². The first kappa shape index (κ1) is 16.8. The lowest BCUT2D eigenvalue weighted by molar-refractivity contribution is -0.125. The summed E-state index contributed by atoms with van der Waals surface area (Å²) >= 11 is 0. The molecule has 1 unspecified atom stereocenters. The molecule has 1 atom stereocenters. The maximum atomic E-state index is 12.5. The summed E-state index contributed by atoms with van der Waals surface area (Å²) in [5, 5.41) is 2.87. The molecule has 0 spiro atoms. The average Bonchev–Trinajstić information content (AvgIpc) is 2.64. The number of amides is 2. The zero-order chi connectivity index (χ0) is 18.0. The number of fused-ring (bicyclic) bond motifs is 1. The molecule has 1 heterocycles. The van der Waals surface area contributed by atoms with E-state index < -0.39 is 6.10 Å². The molecule has 1 aliphatic rings. The molecule has 0 bridgehead atoms. The van der Waals surface area contributed by atoms with Crippen molar-refractivity contribution in [2.45, 2.75) is 19.6 Å². The van der Waals surface area contributed by atoms with Crippen molar-refractivity contribution in [3.63, 3.8) is 0 Å². The number of methoxy groups -OCH3 is 1. The Labute approximate surface area is 146 Å². The van der Waals surface area contributed by atoms with Crippen LogP contribution in [0.2, 0.25) is 0 Å². The second-order valence-electron chi connectivity index (χ2n) is 5.83. The highest BCUT2D eigenvalue weighted by Gasteiger charge is 2.29. The molecule has 2 aromatic carbocycles. The van der Waals surface area contributed by atoms with Gasteiger partial charge >= 0.3 is 0 Å². The summed E-state index contributed by atoms with van der Waals surface area (Å²) in [6.07, 6.45) is -0.525. The summed E-state index contributed by atoms with van der Waals surface area (Å²) in [5.41, 5.74) is 1.94. The summed E-state index contributed by atoms with van der Waals surface area (Å²) in [7, 11) is 3.27. The standard InChI is InChI=1S/C19H20N2O4/c1-12-19(23)21(2)15-10-13(8-9-17(15)25-12)18(22)20-11-14-6-4-5-7-16(14)24-3/h4-10,12H,11H2,1-3H3,(H,20,22). The third kappa shape index (κ3) is 3.28. The van der Waals surface area contributed by atoms with E-state index in [4.69, 9.17) is 9.47 Å². The minimum absolute atomic E-state index is 0.140. The predicted molar refractivity (Wildman–Crippen MR) is 94.1 cm³/mol. The largest absolute Gasteiger partial charge is 0.496 e. The Morgan fingerprint density at radius 3 is 2.80 bits per heavy atom. The van der Waals surface area contributed by atoms with E-state index >= 15 is 0 Å². The number of anilines is 1. The van der Waals surface area contributed by atoms with E-state index in [1.165, 1.54) is 4.90 Å². The monoisotopic (exact) mass is 340 g/mol. The van der Waals surface area contributed by atoms with E-state index in [1.54, 1.807) is 39.3 Å². The zero-order valence-electron chi connectivity index (χ0n) is 14.4. The van der Waals surface area contributed by atoms with Crippen LogP contribution in [-0.4, -0.2) is 32.1 Å². The van der Waals surface area contributed by atoms with Crippen molar-refractivity contribution in [1.82, 2.24) is 5.32 Å². The SMILES string of the molecule is COc1ccccc1CNC(=O)c1ccc2c(c1)N(C)C(=O)C(C)O2. The molecule has 2 aromatic rings. The van der Waals surface area contributed by atoms with Crippen molar-refractivity contribution < 1.29 is 19.1 Å². The molecule has 0 saturated carbocycles. The van der Waals surface area contributed by atoms with Crippen molar-refractivity contribution in [2.75, 3.05) is 19.1 Å². The van der Waals surface area contributed by atoms with Crippen LogP contribution in [0.4, 0.5) is 5.69 Å². The number of nitrogens with one attached hydrogen (secondary N) is 1. The third-order valence-corrected chi connectivity index (χ3v) is 4.20. The molecule has 25 heavy (non-hydrogen) atoms. The Hall–Kier alpha value is -3.02. The van der Waals surface area contributed by atoms with Crippen LogP contribution < -0.4 is 19.7 Å². The van der Waals surface area contributed by atoms with Gasteiger partial charge in [-0.15, -0.1) is 0 Å². The number of carbonyl (C=O) groups excluding carboxylic acids is 2. The normalized spacial score (nSPS) is 16.0. The van der Waals surface area contributed by atoms with Crippen LogP contribution in [-0.2, 0) is 11.3 Å². The lowest BCUT2D eigenvalue weighted by Crippen LogP contribution is -2.42. The highest BCUT2D eigenvalue weighted by atomic mass is 16.5. The first-order valence-corrected chi connectivity index (χ1v) is 7.99. The number of hydrogen-bond donors (Lipinski definition) is 1. The molecule has 0 fully saturated rings. The molecule has 6 nitrogen and oxygen atoms in total. The van der Waals surface area contributed by atoms with Crippen LogP contribution in [0.5, 0.6) is 11.5 Å². The Kier molecular flexibility index (Phi) is 4.61. The second kappa shape index (κ2) is 6.84. The molecule has 6 heteroatoms. The molecule has 0 radical (unpaired) electrons. The molecule has 130 valence electrons. The fourth-order valence-corrected chi connectivity index (χ4v) is 2.78. The maximum absolute atomic E-state index is 12.5. The second-order valence-corrected chi connectivity index (χ2v) is 5.83. The van der Waals surface area contributed by atoms with E-state index in [9.17, 15) is 9.59 Å². The average molecular weight is 340 g/mol. The first-order valence-electron chi connectivity index (χ1n) is 7.99. The van der Waals surface area contributed by atoms with Gasteiger partial charge in [0.15, 0.2) is 6.10 Å². The zero-order valence-corrected chi connectivity index (χ0v) is 14.4. The van der Waals surface area contributed by atoms with E-state index in [0.29, 0.717) is 23.5 Å². The van der Waals surface area contributed by atoms with E-state index in [2.05, 4.69) is 5.32 Å². The van der Waals surface area contributed by atoms with Crippen molar-refractivity contribution in [3.05, 3.63) is 53.6 Å². The Morgan fingerprint density at radius 1 is 1.28 bits per heavy atom. The van der Waals surface area contributed by atoms with Crippen molar-refractivity contribution >= 4 is 17.5 Å². The van der Waals surface area contributed by atoms with Gasteiger partial charge in [0.05, 0.1) is 12.8 Å². The van der Waals surface area contributed by atoms with Gasteiger partial charge in [0, 0.05) is 24.7 Å². The maximum Gasteiger partial charge on any atom is 0.267 e. The van der Waals surface area contributed by atoms with Crippen LogP contribution in [0.1, 0.15) is 22.8 Å². The van der Waals surface area contributed by atoms with Gasteiger partial charge in [-0.1, -0.05) is 18.2 Å². The van der Waals surface area contributed by atoms with Gasteiger partial charge in [-0.05, 0) is 31.2 Å². The lowest BCUT2D eigenvalue weighted by atomic mass is 10.1. The highest BCUT2D eigenvalue weighted by Crippen LogP contribution is 2.33. The van der Waals surface area contributed by atoms with Crippen LogP contribution in [0.25, 0.3) is 0 Å². The van der Waals surface area contributed by atoms with Gasteiger partial charge in [-0.2, -0.15) is 0 Å². The smallest absolute Gasteiger partial charge is 0.267 e. The molecule has 2 amide bonds. The molecular formula is C19H20N2O4. The molecule has 0 aromatic heterocycles. The van der Waals surface area contributed by atoms with E-state index in [1.807, 2.05) is 24.3 Å². The van der Waals surface area contributed by atoms with Crippen LogP contribution >= 0.6 is 0 Å².